The van der Waals surface area contributed by atoms with Crippen molar-refractivity contribution in [1.29, 1.82) is 5.26 Å². The van der Waals surface area contributed by atoms with E-state index < -0.39 is 53.8 Å². The second-order valence-corrected chi connectivity index (χ2v) is 14.2. The molecule has 0 aromatic carbocycles. The van der Waals surface area contributed by atoms with Gasteiger partial charge in [-0.1, -0.05) is 0 Å². The molecule has 4 aromatic rings. The Labute approximate surface area is 357 Å². The Morgan fingerprint density at radius 2 is 1.48 bits per heavy atom. The molecule has 17 nitrogen and oxygen atoms in total. The lowest BCUT2D eigenvalue weighted by molar-refractivity contribution is -0.193. The molecule has 0 unspecified atom stereocenters. The van der Waals surface area contributed by atoms with Gasteiger partial charge in [-0.2, -0.15) is 63.0 Å². The minimum atomic E-state index is -5.08. The van der Waals surface area contributed by atoms with Crippen molar-refractivity contribution < 1.29 is 92.2 Å². The summed E-state index contributed by atoms with van der Waals surface area (Å²) in [4.78, 5) is 44.6. The van der Waals surface area contributed by atoms with E-state index in [2.05, 4.69) is 41.3 Å². The van der Waals surface area contributed by atoms with E-state index in [-0.39, 0.29) is 37.2 Å². The van der Waals surface area contributed by atoms with E-state index >= 15 is 0 Å². The van der Waals surface area contributed by atoms with Crippen molar-refractivity contribution in [2.24, 2.45) is 0 Å². The Bertz CT molecular complexity index is 2200. The number of aliphatic hydroxyl groups is 1. The first-order chi connectivity index (χ1) is 30.0. The molecule has 1 saturated carbocycles. The lowest BCUT2D eigenvalue weighted by Gasteiger charge is -2.53. The fraction of sp³-hybridized carbons (Fsp3) is 0.500. The number of halogens is 12. The van der Waals surface area contributed by atoms with E-state index in [0.717, 1.165) is 41.2 Å². The van der Waals surface area contributed by atoms with Gasteiger partial charge in [-0.3, -0.25) is 9.58 Å². The average molecular weight is 952 g/mol. The summed E-state index contributed by atoms with van der Waals surface area (Å²) in [6.07, 6.45) is -9.69. The molecule has 0 bridgehead atoms. The predicted molar refractivity (Wildman–Crippen MR) is 195 cm³/mol. The summed E-state index contributed by atoms with van der Waals surface area (Å²) in [6, 6.07) is 6.84. The number of carbonyl (C=O) groups is 3. The highest BCUT2D eigenvalue weighted by Gasteiger charge is 2.48. The van der Waals surface area contributed by atoms with Crippen molar-refractivity contribution in [1.82, 2.24) is 39.9 Å². The number of likely N-dealkylation sites (tertiary alicyclic amines) is 1. The minimum absolute atomic E-state index is 0.0381. The van der Waals surface area contributed by atoms with Crippen LogP contribution < -0.4 is 10.1 Å². The molecule has 4 aromatic heterocycles. The van der Waals surface area contributed by atoms with E-state index in [4.69, 9.17) is 34.4 Å². The summed E-state index contributed by atoms with van der Waals surface area (Å²) in [5, 5.41) is 48.8. The maximum Gasteiger partial charge on any atom is 0.490 e. The van der Waals surface area contributed by atoms with Gasteiger partial charge in [0, 0.05) is 61.1 Å². The zero-order valence-corrected chi connectivity index (χ0v) is 33.2. The van der Waals surface area contributed by atoms with Crippen LogP contribution in [-0.2, 0) is 32.6 Å². The van der Waals surface area contributed by atoms with Crippen LogP contribution in [0.4, 0.5) is 52.7 Å². The third-order valence-corrected chi connectivity index (χ3v) is 9.35. The second kappa shape index (κ2) is 21.6. The van der Waals surface area contributed by atoms with Gasteiger partial charge in [-0.05, 0) is 50.3 Å². The maximum absolute atomic E-state index is 13.5. The molecule has 29 heteroatoms. The smallest absolute Gasteiger partial charge is 0.475 e. The summed E-state index contributed by atoms with van der Waals surface area (Å²) in [5.74, 6) is -8.31. The molecule has 1 atom stereocenters. The van der Waals surface area contributed by atoms with Crippen LogP contribution in [0.2, 0.25) is 0 Å². The third-order valence-electron chi connectivity index (χ3n) is 9.35. The highest BCUT2D eigenvalue weighted by atomic mass is 19.4. The topological polar surface area (TPSA) is 253 Å². The highest BCUT2D eigenvalue weighted by molar-refractivity contribution is 5.90. The number of rotatable bonds is 10. The Balaban J connectivity index is 0.000000443. The van der Waals surface area contributed by atoms with Crippen molar-refractivity contribution >= 4 is 28.9 Å². The van der Waals surface area contributed by atoms with Crippen molar-refractivity contribution in [3.05, 3.63) is 54.4 Å². The van der Waals surface area contributed by atoms with Gasteiger partial charge < -0.3 is 35.5 Å². The number of hydrogen-bond acceptors (Lipinski definition) is 12. The van der Waals surface area contributed by atoms with Gasteiger partial charge in [-0.25, -0.2) is 29.3 Å². The van der Waals surface area contributed by atoms with Gasteiger partial charge in [0.05, 0.1) is 31.0 Å². The molecule has 2 aliphatic rings. The SMILES string of the molecule is C[C@H](CO)NCc1cc(OC2CCC(N3CC(CC#N)(n4cc(-c5ncnc6[nH]ccc56)cn4)C3)CC2)nc(C(F)(F)F)c1.O=C(O)C(F)(F)F.O=C(O)C(F)(F)F.O=C(O)C(F)(F)F. The normalized spacial score (nSPS) is 17.9. The number of fused-ring (bicyclic) bond motifs is 1. The Morgan fingerprint density at radius 3 is 1.97 bits per heavy atom. The summed E-state index contributed by atoms with van der Waals surface area (Å²) in [5.41, 5.74) is 1.34. The Kier molecular flexibility index (Phi) is 17.6. The number of aliphatic hydroxyl groups excluding tert-OH is 1. The van der Waals surface area contributed by atoms with Crippen LogP contribution in [0, 0.1) is 11.3 Å². The molecule has 0 radical (unpaired) electrons. The number of hydrogen-bond donors (Lipinski definition) is 6. The first kappa shape index (κ1) is 53.1. The predicted octanol–water partition coefficient (Wildman–Crippen LogP) is 5.92. The highest BCUT2D eigenvalue weighted by Crippen LogP contribution is 2.39. The summed E-state index contributed by atoms with van der Waals surface area (Å²) < 4.78 is 144. The quantitative estimate of drug-likeness (QED) is 0.101. The van der Waals surface area contributed by atoms with Crippen molar-refractivity contribution in [3.63, 3.8) is 0 Å². The van der Waals surface area contributed by atoms with Crippen LogP contribution in [0.1, 0.15) is 50.3 Å². The minimum Gasteiger partial charge on any atom is -0.475 e. The zero-order chi connectivity index (χ0) is 49.1. The number of aromatic nitrogens is 6. The molecule has 1 aliphatic carbocycles. The third kappa shape index (κ3) is 15.4. The van der Waals surface area contributed by atoms with Crippen LogP contribution in [0.3, 0.4) is 0 Å². The van der Waals surface area contributed by atoms with Gasteiger partial charge in [-0.15, -0.1) is 0 Å². The second-order valence-electron chi connectivity index (χ2n) is 14.2. The molecule has 6 N–H and O–H groups in total. The van der Waals surface area contributed by atoms with Gasteiger partial charge in [0.2, 0.25) is 5.88 Å². The molecule has 0 amide bonds. The van der Waals surface area contributed by atoms with Crippen molar-refractivity contribution in [2.45, 2.75) is 94.0 Å². The molecule has 5 heterocycles. The van der Waals surface area contributed by atoms with Gasteiger partial charge >= 0.3 is 42.6 Å². The van der Waals surface area contributed by atoms with Gasteiger partial charge in [0.25, 0.3) is 0 Å². The molecule has 65 heavy (non-hydrogen) atoms. The van der Waals surface area contributed by atoms with Crippen LogP contribution in [-0.4, -0.2) is 129 Å². The van der Waals surface area contributed by atoms with E-state index in [9.17, 15) is 63.1 Å². The number of aromatic amines is 1. The summed E-state index contributed by atoms with van der Waals surface area (Å²) >= 11 is 0. The van der Waals surface area contributed by atoms with E-state index in [1.54, 1.807) is 13.1 Å². The fourth-order valence-electron chi connectivity index (χ4n) is 6.18. The van der Waals surface area contributed by atoms with E-state index in [0.29, 0.717) is 37.9 Å². The molecule has 1 aliphatic heterocycles. The fourth-order valence-corrected chi connectivity index (χ4v) is 6.18. The zero-order valence-electron chi connectivity index (χ0n) is 33.2. The molecule has 0 spiro atoms. The lowest BCUT2D eigenvalue weighted by Crippen LogP contribution is -2.65. The monoisotopic (exact) mass is 951 g/mol. The van der Waals surface area contributed by atoms with E-state index in [1.165, 1.54) is 12.4 Å². The average Bonchev–Trinajstić information content (AvgIpc) is 3.89. The van der Waals surface area contributed by atoms with Gasteiger partial charge in [0.15, 0.2) is 0 Å². The molecule has 358 valence electrons. The molecule has 1 saturated heterocycles. The Morgan fingerprint density at radius 1 is 0.923 bits per heavy atom. The lowest BCUT2D eigenvalue weighted by atomic mass is 9.82. The first-order valence-corrected chi connectivity index (χ1v) is 18.4. The standard InChI is InChI=1S/C30H34F3N9O2.3C2HF3O2/c1-19(15-43)36-12-20-10-25(30(31,32)33)40-26(11-20)44-23-4-2-22(3-5-23)41-16-29(17-41,7-8-34)42-14-21(13-39-42)27-24-6-9-35-28(24)38-18-37-27;3*3-2(4,5)1(6)7/h6,9-11,13-14,18-19,22-23,36,43H,2-5,7,12,15-17H2,1H3,(H,35,37,38);3*(H,6,7)/t19-,22?,23?;;;/m1.../s1. The molecule has 2 fully saturated rings. The number of H-pyrrole nitrogens is 1. The number of carboxylic acid groups (broad SMARTS) is 3. The Hall–Kier alpha value is -6.28. The summed E-state index contributed by atoms with van der Waals surface area (Å²) in [6.45, 7) is 3.14. The number of ether oxygens (including phenoxy) is 1. The van der Waals surface area contributed by atoms with Crippen LogP contribution in [0.5, 0.6) is 5.88 Å². The summed E-state index contributed by atoms with van der Waals surface area (Å²) in [7, 11) is 0. The largest absolute Gasteiger partial charge is 0.490 e. The number of nitriles is 1. The number of aliphatic carboxylic acids is 3. The molecular weight excluding hydrogens is 914 g/mol. The van der Waals surface area contributed by atoms with Crippen molar-refractivity contribution in [2.75, 3.05) is 19.7 Å². The van der Waals surface area contributed by atoms with Crippen LogP contribution >= 0.6 is 0 Å². The van der Waals surface area contributed by atoms with Crippen LogP contribution in [0.15, 0.2) is 43.1 Å². The van der Waals surface area contributed by atoms with E-state index in [1.807, 2.05) is 23.1 Å². The number of pyridine rings is 1. The number of alkyl halides is 12. The number of nitrogens with one attached hydrogen (secondary N) is 2. The first-order valence-electron chi connectivity index (χ1n) is 18.4. The molecule has 6 rings (SSSR count). The van der Waals surface area contributed by atoms with Crippen molar-refractivity contribution in [3.8, 4) is 23.2 Å². The molecular formula is C36H37F12N9O8. The van der Waals surface area contributed by atoms with Crippen LogP contribution in [0.25, 0.3) is 22.3 Å². The van der Waals surface area contributed by atoms with Gasteiger partial charge in [0.1, 0.15) is 29.3 Å². The number of carboxylic acids is 3. The number of nitrogens with zero attached hydrogens (tertiary/aromatic N) is 7. The maximum atomic E-state index is 13.5.